The van der Waals surface area contributed by atoms with E-state index in [2.05, 4.69) is 15.0 Å². The highest BCUT2D eigenvalue weighted by molar-refractivity contribution is 5.79. The highest BCUT2D eigenvalue weighted by atomic mass is 16.5. The minimum Gasteiger partial charge on any atom is -0.504 e. The molecule has 2 N–H and O–H groups in total. The van der Waals surface area contributed by atoms with E-state index < -0.39 is 0 Å². The Morgan fingerprint density at radius 2 is 1.95 bits per heavy atom. The second-order valence-corrected chi connectivity index (χ2v) is 4.88. The van der Waals surface area contributed by atoms with Gasteiger partial charge in [-0.15, -0.1) is 0 Å². The first kappa shape index (κ1) is 13.2. The lowest BCUT2D eigenvalue weighted by Crippen LogP contribution is -2.10. The number of aromatic nitrogens is 3. The minimum absolute atomic E-state index is 0.0619. The number of pyridine rings is 1. The van der Waals surface area contributed by atoms with Crippen LogP contribution in [-0.2, 0) is 0 Å². The zero-order chi connectivity index (χ0) is 15.0. The number of hydrogen-bond acceptors (Lipinski definition) is 5. The number of imidazole rings is 1. The topological polar surface area (TPSA) is 74.3 Å². The van der Waals surface area contributed by atoms with Crippen LogP contribution in [0, 0.1) is 0 Å². The van der Waals surface area contributed by atoms with Gasteiger partial charge in [0.1, 0.15) is 11.6 Å². The third kappa shape index (κ3) is 2.24. The molecule has 108 valence electrons. The van der Waals surface area contributed by atoms with Gasteiger partial charge in [-0.1, -0.05) is 6.07 Å². The molecule has 0 bridgehead atoms. The van der Waals surface area contributed by atoms with Gasteiger partial charge in [0.2, 0.25) is 0 Å². The fourth-order valence-electron chi connectivity index (χ4n) is 2.14. The quantitative estimate of drug-likeness (QED) is 0.772. The molecule has 0 amide bonds. The van der Waals surface area contributed by atoms with Crippen molar-refractivity contribution >= 4 is 17.0 Å². The molecule has 21 heavy (non-hydrogen) atoms. The number of hydrogen-bond donors (Lipinski definition) is 2. The second-order valence-electron chi connectivity index (χ2n) is 4.88. The first-order chi connectivity index (χ1) is 10.1. The van der Waals surface area contributed by atoms with Crippen LogP contribution in [0.15, 0.2) is 30.3 Å². The van der Waals surface area contributed by atoms with Crippen LogP contribution in [0.25, 0.3) is 22.6 Å². The number of rotatable bonds is 3. The minimum atomic E-state index is 0.0619. The van der Waals surface area contributed by atoms with Crippen molar-refractivity contribution in [1.82, 2.24) is 15.0 Å². The van der Waals surface area contributed by atoms with Crippen LogP contribution < -0.4 is 9.64 Å². The molecule has 0 atom stereocenters. The number of phenols is 1. The Bertz CT molecular complexity index is 795. The fraction of sp³-hybridized carbons (Fsp3) is 0.200. The number of methoxy groups -OCH3 is 1. The number of nitrogens with zero attached hydrogens (tertiary/aromatic N) is 3. The van der Waals surface area contributed by atoms with E-state index in [9.17, 15) is 5.11 Å². The van der Waals surface area contributed by atoms with Gasteiger partial charge in [-0.05, 0) is 24.3 Å². The second kappa shape index (κ2) is 4.97. The van der Waals surface area contributed by atoms with Crippen molar-refractivity contribution in [3.8, 4) is 22.9 Å². The predicted octanol–water partition coefficient (Wildman–Crippen LogP) is 2.41. The van der Waals surface area contributed by atoms with E-state index in [-0.39, 0.29) is 5.75 Å². The maximum atomic E-state index is 10.2. The van der Waals surface area contributed by atoms with E-state index in [1.54, 1.807) is 18.2 Å². The van der Waals surface area contributed by atoms with E-state index in [4.69, 9.17) is 4.74 Å². The molecule has 3 rings (SSSR count). The molecule has 0 saturated carbocycles. The number of para-hydroxylation sites is 1. The number of anilines is 1. The average Bonchev–Trinajstić information content (AvgIpc) is 2.90. The first-order valence-electron chi connectivity index (χ1n) is 6.50. The van der Waals surface area contributed by atoms with Crippen molar-refractivity contribution in [1.29, 1.82) is 0 Å². The summed E-state index contributed by atoms with van der Waals surface area (Å²) in [6.45, 7) is 0. The molecule has 2 heterocycles. The van der Waals surface area contributed by atoms with Crippen LogP contribution in [-0.4, -0.2) is 41.3 Å². The third-order valence-corrected chi connectivity index (χ3v) is 3.26. The van der Waals surface area contributed by atoms with Crippen molar-refractivity contribution in [2.24, 2.45) is 0 Å². The summed E-state index contributed by atoms with van der Waals surface area (Å²) in [5.41, 5.74) is 2.01. The summed E-state index contributed by atoms with van der Waals surface area (Å²) < 4.78 is 5.12. The monoisotopic (exact) mass is 284 g/mol. The van der Waals surface area contributed by atoms with Crippen molar-refractivity contribution in [3.05, 3.63) is 30.3 Å². The number of phenolic OH excluding ortho intramolecular Hbond substituents is 1. The van der Waals surface area contributed by atoms with Crippen LogP contribution in [0.2, 0.25) is 0 Å². The maximum Gasteiger partial charge on any atom is 0.180 e. The van der Waals surface area contributed by atoms with Crippen LogP contribution >= 0.6 is 0 Å². The van der Waals surface area contributed by atoms with E-state index in [1.807, 2.05) is 31.1 Å². The summed E-state index contributed by atoms with van der Waals surface area (Å²) in [6, 6.07) is 9.12. The smallest absolute Gasteiger partial charge is 0.180 e. The normalized spacial score (nSPS) is 10.8. The molecule has 0 aliphatic rings. The van der Waals surface area contributed by atoms with E-state index >= 15 is 0 Å². The van der Waals surface area contributed by atoms with Crippen molar-refractivity contribution in [2.45, 2.75) is 0 Å². The number of H-pyrrole nitrogens is 1. The van der Waals surface area contributed by atoms with Gasteiger partial charge in [0.25, 0.3) is 0 Å². The lowest BCUT2D eigenvalue weighted by atomic mass is 10.2. The summed E-state index contributed by atoms with van der Waals surface area (Å²) in [6.07, 6.45) is 0. The highest BCUT2D eigenvalue weighted by Crippen LogP contribution is 2.36. The molecular formula is C15H16N4O2. The van der Waals surface area contributed by atoms with E-state index in [0.717, 1.165) is 11.3 Å². The van der Waals surface area contributed by atoms with E-state index in [1.165, 1.54) is 7.11 Å². The molecule has 0 fully saturated rings. The lowest BCUT2D eigenvalue weighted by Gasteiger charge is -2.09. The molecule has 1 aromatic carbocycles. The first-order valence-corrected chi connectivity index (χ1v) is 6.50. The zero-order valence-electron chi connectivity index (χ0n) is 12.1. The molecule has 0 radical (unpaired) electrons. The molecule has 0 aliphatic carbocycles. The highest BCUT2D eigenvalue weighted by Gasteiger charge is 2.14. The van der Waals surface area contributed by atoms with Crippen LogP contribution in [0.3, 0.4) is 0 Å². The van der Waals surface area contributed by atoms with Gasteiger partial charge in [0, 0.05) is 14.1 Å². The molecule has 6 heteroatoms. The Hall–Kier alpha value is -2.76. The maximum absolute atomic E-state index is 10.2. The largest absolute Gasteiger partial charge is 0.504 e. The number of aromatic amines is 1. The molecule has 6 nitrogen and oxygen atoms in total. The van der Waals surface area contributed by atoms with Crippen molar-refractivity contribution in [3.63, 3.8) is 0 Å². The van der Waals surface area contributed by atoms with Gasteiger partial charge < -0.3 is 19.7 Å². The number of ether oxygens (including phenoxy) is 1. The van der Waals surface area contributed by atoms with E-state index in [0.29, 0.717) is 22.8 Å². The Balaban J connectivity index is 2.13. The van der Waals surface area contributed by atoms with Crippen molar-refractivity contribution < 1.29 is 9.84 Å². The molecule has 0 unspecified atom stereocenters. The molecule has 0 aliphatic heterocycles. The lowest BCUT2D eigenvalue weighted by molar-refractivity contribution is 0.374. The van der Waals surface area contributed by atoms with Gasteiger partial charge in [-0.2, -0.15) is 0 Å². The van der Waals surface area contributed by atoms with Gasteiger partial charge in [-0.3, -0.25) is 0 Å². The molecule has 0 saturated heterocycles. The van der Waals surface area contributed by atoms with Gasteiger partial charge in [-0.25, -0.2) is 9.97 Å². The summed E-state index contributed by atoms with van der Waals surface area (Å²) in [5.74, 6) is 1.86. The third-order valence-electron chi connectivity index (χ3n) is 3.26. The molecule has 2 aromatic heterocycles. The summed E-state index contributed by atoms with van der Waals surface area (Å²) in [4.78, 5) is 14.0. The molecular weight excluding hydrogens is 268 g/mol. The Morgan fingerprint density at radius 3 is 2.67 bits per heavy atom. The number of nitrogens with one attached hydrogen (secondary N) is 1. The van der Waals surface area contributed by atoms with Crippen LogP contribution in [0.4, 0.5) is 5.82 Å². The van der Waals surface area contributed by atoms with Crippen molar-refractivity contribution in [2.75, 3.05) is 26.1 Å². The zero-order valence-corrected chi connectivity index (χ0v) is 12.1. The van der Waals surface area contributed by atoms with Gasteiger partial charge >= 0.3 is 0 Å². The molecule has 0 spiro atoms. The fourth-order valence-corrected chi connectivity index (χ4v) is 2.14. The van der Waals surface area contributed by atoms with Crippen LogP contribution in [0.1, 0.15) is 0 Å². The number of benzene rings is 1. The Morgan fingerprint density at radius 1 is 1.14 bits per heavy atom. The summed E-state index contributed by atoms with van der Waals surface area (Å²) in [5, 5.41) is 10.2. The standard InChI is InChI=1S/C15H16N4O2/c1-19(2)12-8-7-10-15(17-12)18-14(16-10)9-5-4-6-11(21-3)13(9)20/h4-8,20H,1-3H3,(H,16,17,18). The van der Waals surface area contributed by atoms with Gasteiger partial charge in [0.15, 0.2) is 17.1 Å². The SMILES string of the molecule is COc1cccc(-c2nc3nc(N(C)C)ccc3[nH]2)c1O. The Labute approximate surface area is 122 Å². The Kier molecular flexibility index (Phi) is 3.13. The number of aromatic hydroxyl groups is 1. The van der Waals surface area contributed by atoms with Crippen LogP contribution in [0.5, 0.6) is 11.5 Å². The number of fused-ring (bicyclic) bond motifs is 1. The average molecular weight is 284 g/mol. The summed E-state index contributed by atoms with van der Waals surface area (Å²) in [7, 11) is 5.37. The molecule has 3 aromatic rings. The summed E-state index contributed by atoms with van der Waals surface area (Å²) >= 11 is 0. The van der Waals surface area contributed by atoms with Gasteiger partial charge in [0.05, 0.1) is 18.2 Å². The predicted molar refractivity (Wildman–Crippen MR) is 81.9 cm³/mol.